The van der Waals surface area contributed by atoms with Crippen LogP contribution in [-0.2, 0) is 14.8 Å². The second-order valence-corrected chi connectivity index (χ2v) is 10.2. The molecule has 0 radical (unpaired) electrons. The zero-order valence-electron chi connectivity index (χ0n) is 17.6. The molecule has 0 amide bonds. The standard InChI is InChI=1S/C24H22FN3O4S/c25-18-8-11-21-22(15-28(23(21)12-18)33(31,32)20-4-2-1-3-5-20)17-13-26-27(14-17)19-9-6-16(7-10-19)24(29)30/h1-5,8,11-16,19H,6-7,9-10H2,(H,29,30). The summed E-state index contributed by atoms with van der Waals surface area (Å²) in [4.78, 5) is 11.3. The van der Waals surface area contributed by atoms with Crippen molar-refractivity contribution >= 4 is 26.9 Å². The molecule has 2 aromatic heterocycles. The zero-order valence-corrected chi connectivity index (χ0v) is 18.5. The Labute approximate surface area is 190 Å². The molecular formula is C24H22FN3O4S. The Bertz CT molecular complexity index is 1440. The summed E-state index contributed by atoms with van der Waals surface area (Å²) >= 11 is 0. The highest BCUT2D eigenvalue weighted by Crippen LogP contribution is 2.36. The van der Waals surface area contributed by atoms with Gasteiger partial charge in [0, 0.05) is 28.9 Å². The maximum absolute atomic E-state index is 14.1. The number of carboxylic acids is 1. The number of rotatable bonds is 5. The normalized spacial score (nSPS) is 19.1. The molecule has 7 nitrogen and oxygen atoms in total. The van der Waals surface area contributed by atoms with E-state index in [1.807, 2.05) is 10.9 Å². The van der Waals surface area contributed by atoms with Gasteiger partial charge in [0.1, 0.15) is 5.82 Å². The van der Waals surface area contributed by atoms with E-state index in [4.69, 9.17) is 0 Å². The first kappa shape index (κ1) is 21.4. The number of nitrogens with zero attached hydrogens (tertiary/aromatic N) is 3. The monoisotopic (exact) mass is 467 g/mol. The summed E-state index contributed by atoms with van der Waals surface area (Å²) in [7, 11) is -3.93. The number of aliphatic carboxylic acids is 1. The van der Waals surface area contributed by atoms with Crippen LogP contribution in [0, 0.1) is 11.7 Å². The molecule has 5 rings (SSSR count). The van der Waals surface area contributed by atoms with Gasteiger partial charge < -0.3 is 5.11 Å². The van der Waals surface area contributed by atoms with Crippen LogP contribution in [0.1, 0.15) is 31.7 Å². The van der Waals surface area contributed by atoms with Crippen LogP contribution in [-0.4, -0.2) is 33.2 Å². The highest BCUT2D eigenvalue weighted by Gasteiger charge is 2.28. The Morgan fingerprint density at radius 3 is 2.45 bits per heavy atom. The van der Waals surface area contributed by atoms with Crippen molar-refractivity contribution in [1.29, 1.82) is 0 Å². The van der Waals surface area contributed by atoms with Crippen molar-refractivity contribution < 1.29 is 22.7 Å². The third-order valence-corrected chi connectivity index (χ3v) is 8.05. The largest absolute Gasteiger partial charge is 0.481 e. The smallest absolute Gasteiger partial charge is 0.306 e. The molecule has 4 aromatic rings. The van der Waals surface area contributed by atoms with Crippen LogP contribution in [0.3, 0.4) is 0 Å². The number of benzene rings is 2. The van der Waals surface area contributed by atoms with E-state index in [2.05, 4.69) is 5.10 Å². The van der Waals surface area contributed by atoms with Crippen molar-refractivity contribution in [2.45, 2.75) is 36.6 Å². The van der Waals surface area contributed by atoms with Crippen molar-refractivity contribution in [3.05, 3.63) is 72.9 Å². The molecule has 0 aliphatic heterocycles. The van der Waals surface area contributed by atoms with Crippen LogP contribution in [0.4, 0.5) is 4.39 Å². The summed E-state index contributed by atoms with van der Waals surface area (Å²) in [5, 5.41) is 14.3. The molecular weight excluding hydrogens is 445 g/mol. The van der Waals surface area contributed by atoms with Gasteiger partial charge in [0.2, 0.25) is 0 Å². The predicted octanol–water partition coefficient (Wildman–Crippen LogP) is 4.70. The lowest BCUT2D eigenvalue weighted by Crippen LogP contribution is -2.23. The quantitative estimate of drug-likeness (QED) is 0.459. The first-order valence-corrected chi connectivity index (χ1v) is 12.2. The molecule has 33 heavy (non-hydrogen) atoms. The number of carboxylic acid groups (broad SMARTS) is 1. The lowest BCUT2D eigenvalue weighted by atomic mass is 9.86. The van der Waals surface area contributed by atoms with Crippen LogP contribution in [0.25, 0.3) is 22.0 Å². The van der Waals surface area contributed by atoms with Gasteiger partial charge in [0.05, 0.1) is 28.6 Å². The molecule has 0 bridgehead atoms. The summed E-state index contributed by atoms with van der Waals surface area (Å²) < 4.78 is 43.7. The van der Waals surface area contributed by atoms with Crippen LogP contribution in [0.5, 0.6) is 0 Å². The van der Waals surface area contributed by atoms with Gasteiger partial charge in [-0.05, 0) is 56.0 Å². The van der Waals surface area contributed by atoms with Crippen LogP contribution in [0.2, 0.25) is 0 Å². The summed E-state index contributed by atoms with van der Waals surface area (Å²) in [6.07, 6.45) is 7.66. The van der Waals surface area contributed by atoms with Crippen LogP contribution >= 0.6 is 0 Å². The maximum atomic E-state index is 14.1. The van der Waals surface area contributed by atoms with Crippen molar-refractivity contribution in [3.8, 4) is 11.1 Å². The average Bonchev–Trinajstić information content (AvgIpc) is 3.45. The lowest BCUT2D eigenvalue weighted by molar-refractivity contribution is -0.143. The fraction of sp³-hybridized carbons (Fsp3) is 0.250. The van der Waals surface area contributed by atoms with Crippen molar-refractivity contribution in [3.63, 3.8) is 0 Å². The second kappa shape index (κ2) is 8.15. The molecule has 1 aliphatic rings. The molecule has 170 valence electrons. The summed E-state index contributed by atoms with van der Waals surface area (Å²) in [5.41, 5.74) is 1.60. The second-order valence-electron chi connectivity index (χ2n) is 8.37. The van der Waals surface area contributed by atoms with E-state index < -0.39 is 21.8 Å². The average molecular weight is 468 g/mol. The molecule has 1 saturated carbocycles. The van der Waals surface area contributed by atoms with Gasteiger partial charge in [-0.3, -0.25) is 9.48 Å². The third-order valence-electron chi connectivity index (χ3n) is 6.37. The summed E-state index contributed by atoms with van der Waals surface area (Å²) in [5.74, 6) is -1.59. The lowest BCUT2D eigenvalue weighted by Gasteiger charge is -2.26. The van der Waals surface area contributed by atoms with Gasteiger partial charge in [-0.1, -0.05) is 18.2 Å². The highest BCUT2D eigenvalue weighted by molar-refractivity contribution is 7.90. The van der Waals surface area contributed by atoms with Crippen LogP contribution in [0.15, 0.2) is 72.0 Å². The number of carbonyl (C=O) groups is 1. The van der Waals surface area contributed by atoms with E-state index in [0.29, 0.717) is 42.2 Å². The molecule has 1 aliphatic carbocycles. The van der Waals surface area contributed by atoms with Crippen molar-refractivity contribution in [2.24, 2.45) is 5.92 Å². The minimum atomic E-state index is -3.93. The van der Waals surface area contributed by atoms with E-state index in [1.165, 1.54) is 30.5 Å². The fourth-order valence-electron chi connectivity index (χ4n) is 4.57. The van der Waals surface area contributed by atoms with Gasteiger partial charge in [-0.15, -0.1) is 0 Å². The first-order valence-electron chi connectivity index (χ1n) is 10.7. The number of hydrogen-bond donors (Lipinski definition) is 1. The topological polar surface area (TPSA) is 94.2 Å². The van der Waals surface area contributed by atoms with E-state index in [9.17, 15) is 22.7 Å². The third kappa shape index (κ3) is 3.82. The Morgan fingerprint density at radius 1 is 1.03 bits per heavy atom. The first-order chi connectivity index (χ1) is 15.8. The van der Waals surface area contributed by atoms with Crippen molar-refractivity contribution in [1.82, 2.24) is 13.8 Å². The van der Waals surface area contributed by atoms with E-state index in [0.717, 1.165) is 3.97 Å². The Hall–Kier alpha value is -3.46. The zero-order chi connectivity index (χ0) is 23.2. The molecule has 2 aromatic carbocycles. The van der Waals surface area contributed by atoms with Gasteiger partial charge >= 0.3 is 5.97 Å². The Morgan fingerprint density at radius 2 is 1.76 bits per heavy atom. The van der Waals surface area contributed by atoms with Gasteiger partial charge in [0.25, 0.3) is 10.0 Å². The minimum absolute atomic E-state index is 0.0909. The Balaban J connectivity index is 1.55. The number of fused-ring (bicyclic) bond motifs is 1. The van der Waals surface area contributed by atoms with Gasteiger partial charge in [-0.2, -0.15) is 5.10 Å². The molecule has 0 atom stereocenters. The fourth-order valence-corrected chi connectivity index (χ4v) is 5.95. The summed E-state index contributed by atoms with van der Waals surface area (Å²) in [6.45, 7) is 0. The molecule has 9 heteroatoms. The van der Waals surface area contributed by atoms with E-state index >= 15 is 0 Å². The highest BCUT2D eigenvalue weighted by atomic mass is 32.2. The molecule has 0 spiro atoms. The number of halogens is 1. The minimum Gasteiger partial charge on any atom is -0.481 e. The Kier molecular flexibility index (Phi) is 5.28. The van der Waals surface area contributed by atoms with Gasteiger partial charge in [0.15, 0.2) is 0 Å². The predicted molar refractivity (Wildman–Crippen MR) is 121 cm³/mol. The molecule has 0 saturated heterocycles. The number of aromatic nitrogens is 3. The molecule has 1 fully saturated rings. The van der Waals surface area contributed by atoms with Crippen LogP contribution < -0.4 is 0 Å². The van der Waals surface area contributed by atoms with Crippen molar-refractivity contribution in [2.75, 3.05) is 0 Å². The van der Waals surface area contributed by atoms with Gasteiger partial charge in [-0.25, -0.2) is 16.8 Å². The summed E-state index contributed by atoms with van der Waals surface area (Å²) in [6, 6.07) is 12.2. The SMILES string of the molecule is O=C(O)C1CCC(n2cc(-c3cn(S(=O)(=O)c4ccccc4)c4cc(F)ccc34)cn2)CC1. The molecule has 2 heterocycles. The van der Waals surface area contributed by atoms with E-state index in [-0.39, 0.29) is 22.4 Å². The number of hydrogen-bond acceptors (Lipinski definition) is 4. The molecule has 0 unspecified atom stereocenters. The maximum Gasteiger partial charge on any atom is 0.306 e. The molecule has 1 N–H and O–H groups in total. The van der Waals surface area contributed by atoms with E-state index in [1.54, 1.807) is 30.5 Å².